The van der Waals surface area contributed by atoms with E-state index in [1.807, 2.05) is 16.8 Å². The second-order valence-corrected chi connectivity index (χ2v) is 10.3. The van der Waals surface area contributed by atoms with E-state index in [1.165, 1.54) is 17.6 Å². The summed E-state index contributed by atoms with van der Waals surface area (Å²) in [5.74, 6) is -1.96. The maximum atomic E-state index is 16.0. The van der Waals surface area contributed by atoms with Gasteiger partial charge < -0.3 is 40.0 Å². The predicted molar refractivity (Wildman–Crippen MR) is 146 cm³/mol. The molecule has 0 radical (unpaired) electrons. The highest BCUT2D eigenvalue weighted by Gasteiger charge is 2.36. The molecule has 2 aliphatic heterocycles. The van der Waals surface area contributed by atoms with Crippen LogP contribution in [0.1, 0.15) is 34.0 Å². The minimum Gasteiger partial charge on any atom is -0.477 e. The van der Waals surface area contributed by atoms with Gasteiger partial charge in [-0.25, -0.2) is 13.6 Å². The summed E-state index contributed by atoms with van der Waals surface area (Å²) in [6, 6.07) is 2.28. The van der Waals surface area contributed by atoms with Crippen LogP contribution in [0.4, 0.5) is 20.2 Å². The fourth-order valence-corrected chi connectivity index (χ4v) is 5.45. The topological polar surface area (TPSA) is 151 Å². The van der Waals surface area contributed by atoms with Crippen molar-refractivity contribution in [2.75, 3.05) is 37.3 Å². The molecule has 3 aromatic rings. The first-order chi connectivity index (χ1) is 19.3. The van der Waals surface area contributed by atoms with Crippen molar-refractivity contribution < 1.29 is 38.4 Å². The van der Waals surface area contributed by atoms with Crippen molar-refractivity contribution >= 4 is 28.2 Å². The van der Waals surface area contributed by atoms with Gasteiger partial charge in [-0.2, -0.15) is 0 Å². The molecule has 0 spiro atoms. The van der Waals surface area contributed by atoms with Crippen LogP contribution in [-0.4, -0.2) is 70.0 Å². The molecule has 0 bridgehead atoms. The number of aryl methyl sites for hydroxylation is 2. The Morgan fingerprint density at radius 2 is 1.85 bits per heavy atom. The molecular weight excluding hydrogens is 542 g/mol. The van der Waals surface area contributed by atoms with E-state index in [2.05, 4.69) is 0 Å². The number of aromatic nitrogens is 1. The van der Waals surface area contributed by atoms with Crippen molar-refractivity contribution in [3.8, 4) is 5.69 Å². The lowest BCUT2D eigenvalue weighted by molar-refractivity contribution is -0.193. The SMILES string of the molecule is CC1=C(CN(C)C2CN(c3c(F)c(C)c4c(=O)c(C(=O)O)cn(-c5cc(N)c(F)cc5CO)c4c3C)C2)OC(O)O1. The summed E-state index contributed by atoms with van der Waals surface area (Å²) in [6.07, 6.45) is 1.09. The highest BCUT2D eigenvalue weighted by Crippen LogP contribution is 2.38. The van der Waals surface area contributed by atoms with Crippen molar-refractivity contribution in [2.24, 2.45) is 0 Å². The standard InChI is InChI=1S/C28H30F2N4O7/c1-12-22-24(34(9-17(26(22)36)27(37)38)20-6-19(31)18(29)5-15(20)11-35)13(2)25(23(12)30)33-7-16(8-33)32(4)10-21-14(3)40-28(39)41-21/h5-6,9,16,28,35,39H,7-8,10-11,31H2,1-4H3,(H,37,38). The predicted octanol–water partition coefficient (Wildman–Crippen LogP) is 2.33. The summed E-state index contributed by atoms with van der Waals surface area (Å²) in [5.41, 5.74) is 5.13. The highest BCUT2D eigenvalue weighted by atomic mass is 19.1. The molecule has 218 valence electrons. The van der Waals surface area contributed by atoms with Crippen LogP contribution in [0.5, 0.6) is 0 Å². The van der Waals surface area contributed by atoms with Gasteiger partial charge in [-0.05, 0) is 40.0 Å². The number of likely N-dealkylation sites (N-methyl/N-ethyl adjacent to an activating group) is 1. The molecule has 1 atom stereocenters. The van der Waals surface area contributed by atoms with Gasteiger partial charge in [0.15, 0.2) is 11.6 Å². The zero-order valence-electron chi connectivity index (χ0n) is 22.9. The molecule has 2 aromatic carbocycles. The lowest BCUT2D eigenvalue weighted by Crippen LogP contribution is -2.59. The number of hydrogen-bond donors (Lipinski definition) is 4. The Labute approximate surface area is 233 Å². The fourth-order valence-electron chi connectivity index (χ4n) is 5.45. The van der Waals surface area contributed by atoms with Gasteiger partial charge in [-0.15, -0.1) is 0 Å². The quantitative estimate of drug-likeness (QED) is 0.311. The van der Waals surface area contributed by atoms with E-state index >= 15 is 4.39 Å². The van der Waals surface area contributed by atoms with Crippen LogP contribution < -0.4 is 16.1 Å². The number of rotatable bonds is 7. The summed E-state index contributed by atoms with van der Waals surface area (Å²) in [4.78, 5) is 29.1. The summed E-state index contributed by atoms with van der Waals surface area (Å²) in [6.45, 7) is 4.01. The molecule has 13 heteroatoms. The highest BCUT2D eigenvalue weighted by molar-refractivity contribution is 5.97. The van der Waals surface area contributed by atoms with Gasteiger partial charge in [-0.1, -0.05) is 0 Å². The average Bonchev–Trinajstić information content (AvgIpc) is 3.20. The smallest absolute Gasteiger partial charge is 0.357 e. The summed E-state index contributed by atoms with van der Waals surface area (Å²) in [7, 11) is 1.87. The van der Waals surface area contributed by atoms with Gasteiger partial charge in [0.2, 0.25) is 5.43 Å². The van der Waals surface area contributed by atoms with Crippen LogP contribution in [-0.2, 0) is 16.1 Å². The number of carboxylic acid groups (broad SMARTS) is 1. The van der Waals surface area contributed by atoms with Crippen molar-refractivity contribution in [2.45, 2.75) is 39.9 Å². The number of ether oxygens (including phenoxy) is 2. The Kier molecular flexibility index (Phi) is 7.14. The molecule has 5 N–H and O–H groups in total. The number of halogens is 2. The molecule has 0 saturated carbocycles. The van der Waals surface area contributed by atoms with E-state index in [0.29, 0.717) is 36.7 Å². The third-order valence-electron chi connectivity index (χ3n) is 7.80. The zero-order valence-corrected chi connectivity index (χ0v) is 22.9. The molecule has 0 aliphatic carbocycles. The second kappa shape index (κ2) is 10.3. The number of pyridine rings is 1. The number of nitrogens with two attached hydrogens (primary N) is 1. The molecule has 1 fully saturated rings. The van der Waals surface area contributed by atoms with E-state index in [9.17, 15) is 29.3 Å². The molecule has 0 amide bonds. The first-order valence-electron chi connectivity index (χ1n) is 12.8. The number of benzene rings is 2. The Morgan fingerprint density at radius 1 is 1.17 bits per heavy atom. The molecule has 41 heavy (non-hydrogen) atoms. The number of fused-ring (bicyclic) bond motifs is 1. The molecule has 11 nitrogen and oxygen atoms in total. The van der Waals surface area contributed by atoms with Crippen LogP contribution in [0.3, 0.4) is 0 Å². The van der Waals surface area contributed by atoms with Gasteiger partial charge in [0.1, 0.15) is 17.1 Å². The van der Waals surface area contributed by atoms with E-state index < -0.39 is 41.7 Å². The van der Waals surface area contributed by atoms with E-state index in [4.69, 9.17) is 15.2 Å². The molecule has 1 unspecified atom stereocenters. The molecule has 5 rings (SSSR count). The van der Waals surface area contributed by atoms with Crippen LogP contribution in [0, 0.1) is 25.5 Å². The van der Waals surface area contributed by atoms with E-state index in [1.54, 1.807) is 13.8 Å². The first-order valence-corrected chi connectivity index (χ1v) is 12.8. The molecule has 1 aromatic heterocycles. The van der Waals surface area contributed by atoms with Gasteiger partial charge >= 0.3 is 12.4 Å². The minimum atomic E-state index is -1.52. The van der Waals surface area contributed by atoms with Crippen molar-refractivity contribution in [3.05, 3.63) is 74.0 Å². The number of carboxylic acids is 1. The van der Waals surface area contributed by atoms with Gasteiger partial charge in [0.05, 0.1) is 41.1 Å². The van der Waals surface area contributed by atoms with Crippen LogP contribution in [0.15, 0.2) is 34.6 Å². The second-order valence-electron chi connectivity index (χ2n) is 10.3. The van der Waals surface area contributed by atoms with Crippen molar-refractivity contribution in [1.29, 1.82) is 0 Å². The number of allylic oxidation sites excluding steroid dienone is 1. The number of anilines is 2. The number of hydrogen-bond acceptors (Lipinski definition) is 9. The van der Waals surface area contributed by atoms with Crippen molar-refractivity contribution in [3.63, 3.8) is 0 Å². The minimum absolute atomic E-state index is 0.000846. The van der Waals surface area contributed by atoms with Gasteiger partial charge in [0, 0.05) is 42.0 Å². The number of aliphatic hydroxyl groups is 2. The average molecular weight is 573 g/mol. The van der Waals surface area contributed by atoms with E-state index in [0.717, 1.165) is 12.3 Å². The summed E-state index contributed by atoms with van der Waals surface area (Å²) < 4.78 is 42.0. The Morgan fingerprint density at radius 3 is 2.44 bits per heavy atom. The number of aromatic carboxylic acids is 1. The van der Waals surface area contributed by atoms with E-state index in [-0.39, 0.29) is 45.1 Å². The number of nitrogens with zero attached hydrogens (tertiary/aromatic N) is 3. The first kappa shape index (κ1) is 28.3. The normalized spacial score (nSPS) is 17.3. The Balaban J connectivity index is 1.62. The molecule has 2 aliphatic rings. The maximum absolute atomic E-state index is 16.0. The summed E-state index contributed by atoms with van der Waals surface area (Å²) >= 11 is 0. The lowest BCUT2D eigenvalue weighted by atomic mass is 9.96. The van der Waals surface area contributed by atoms with Crippen molar-refractivity contribution in [1.82, 2.24) is 9.47 Å². The van der Waals surface area contributed by atoms with Crippen LogP contribution in [0.25, 0.3) is 16.6 Å². The Bertz CT molecular complexity index is 1680. The third-order valence-corrected chi connectivity index (χ3v) is 7.80. The zero-order chi connectivity index (χ0) is 29.9. The number of aliphatic hydroxyl groups excluding tert-OH is 2. The molecule has 1 saturated heterocycles. The van der Waals surface area contributed by atoms with Gasteiger partial charge in [0.25, 0.3) is 0 Å². The third kappa shape index (κ3) is 4.65. The maximum Gasteiger partial charge on any atom is 0.357 e. The summed E-state index contributed by atoms with van der Waals surface area (Å²) in [5, 5.41) is 29.1. The number of nitrogen functional groups attached to an aromatic ring is 1. The molecule has 3 heterocycles. The number of carbonyl (C=O) groups is 1. The van der Waals surface area contributed by atoms with Crippen LogP contribution in [0.2, 0.25) is 0 Å². The fraction of sp³-hybridized carbons (Fsp3) is 0.357. The lowest BCUT2D eigenvalue weighted by Gasteiger charge is -2.46. The van der Waals surface area contributed by atoms with Gasteiger partial charge in [-0.3, -0.25) is 9.69 Å². The Hall–Kier alpha value is -4.20. The monoisotopic (exact) mass is 572 g/mol. The molecular formula is C28H30F2N4O7. The largest absolute Gasteiger partial charge is 0.477 e. The van der Waals surface area contributed by atoms with Crippen LogP contribution >= 0.6 is 0 Å².